The molecule has 23 heteroatoms. The van der Waals surface area contributed by atoms with Crippen molar-refractivity contribution in [3.63, 3.8) is 0 Å². The van der Waals surface area contributed by atoms with Gasteiger partial charge in [0.15, 0.2) is 55.4 Å². The number of aromatic amines is 1. The highest BCUT2D eigenvalue weighted by Gasteiger charge is 2.54. The van der Waals surface area contributed by atoms with Crippen LogP contribution in [0.1, 0.15) is 50.0 Å². The quantitative estimate of drug-likeness (QED) is 0.0703. The number of anilines is 1. The molecule has 0 saturated carbocycles. The van der Waals surface area contributed by atoms with Crippen LogP contribution in [0, 0.1) is 23.6 Å². The third kappa shape index (κ3) is 8.68. The SMILES string of the molecule is CC(C)(C)[Si](C)(C)O[C@H]1[C@@H](OP(=O)(OCCC#N)OC[C@H]2[CH][C@@H](F)[C@H](n3cnc4c(NC(=O)c5ccccc5)ncnc43)O2)[C@H](n2cc(F)c3c(=O)[nH]cnc32)O[C@@H]1CO. The normalized spacial score (nSPS) is 24.5. The van der Waals surface area contributed by atoms with Gasteiger partial charge in [0.2, 0.25) is 0 Å². The molecule has 7 rings (SSSR count). The Hall–Kier alpha value is -4.82. The molecule has 1 aromatic carbocycles. The van der Waals surface area contributed by atoms with E-state index >= 15 is 8.78 Å². The molecule has 0 aliphatic carbocycles. The van der Waals surface area contributed by atoms with E-state index in [1.54, 1.807) is 30.3 Å². The number of halogens is 2. The van der Waals surface area contributed by atoms with Crippen LogP contribution in [0.3, 0.4) is 0 Å². The van der Waals surface area contributed by atoms with Gasteiger partial charge in [-0.1, -0.05) is 39.0 Å². The summed E-state index contributed by atoms with van der Waals surface area (Å²) < 4.78 is 84.7. The van der Waals surface area contributed by atoms with Crippen molar-refractivity contribution in [3.05, 3.63) is 83.7 Å². The van der Waals surface area contributed by atoms with Gasteiger partial charge in [-0.05, 0) is 30.3 Å². The smallest absolute Gasteiger partial charge is 0.408 e. The first-order chi connectivity index (χ1) is 28.5. The summed E-state index contributed by atoms with van der Waals surface area (Å²) in [5, 5.41) is 21.7. The number of aromatic nitrogens is 7. The van der Waals surface area contributed by atoms with Crippen molar-refractivity contribution in [1.82, 2.24) is 34.1 Å². The van der Waals surface area contributed by atoms with E-state index in [-0.39, 0.29) is 39.5 Å². The topological polar surface area (TPSA) is 240 Å². The van der Waals surface area contributed by atoms with Crippen LogP contribution in [0.5, 0.6) is 0 Å². The number of phosphoric ester groups is 1. The Bertz CT molecular complexity index is 2490. The number of rotatable bonds is 15. The Morgan fingerprint density at radius 1 is 1.08 bits per heavy atom. The van der Waals surface area contributed by atoms with Crippen molar-refractivity contribution < 1.29 is 50.7 Å². The Labute approximate surface area is 342 Å². The number of amides is 1. The zero-order valence-corrected chi connectivity index (χ0v) is 35.0. The zero-order valence-electron chi connectivity index (χ0n) is 33.1. The van der Waals surface area contributed by atoms with Crippen LogP contribution >= 0.6 is 7.82 Å². The highest BCUT2D eigenvalue weighted by atomic mass is 31.2. The van der Waals surface area contributed by atoms with E-state index in [0.717, 1.165) is 12.5 Å². The van der Waals surface area contributed by atoms with E-state index in [1.165, 1.54) is 28.2 Å². The van der Waals surface area contributed by atoms with Gasteiger partial charge in [-0.3, -0.25) is 27.7 Å². The number of imidazole rings is 1. The minimum absolute atomic E-state index is 0.0872. The lowest BCUT2D eigenvalue weighted by Gasteiger charge is -2.40. The van der Waals surface area contributed by atoms with Crippen molar-refractivity contribution in [1.29, 1.82) is 5.26 Å². The lowest BCUT2D eigenvalue weighted by atomic mass is 10.1. The number of hydrogen-bond acceptors (Lipinski definition) is 15. The summed E-state index contributed by atoms with van der Waals surface area (Å²) in [6.45, 7) is 8.19. The molecule has 1 radical (unpaired) electrons. The molecule has 3 N–H and O–H groups in total. The summed E-state index contributed by atoms with van der Waals surface area (Å²) in [5.74, 6) is -1.29. The number of ether oxygens (including phenoxy) is 2. The fourth-order valence-electron chi connectivity index (χ4n) is 6.52. The third-order valence-electron chi connectivity index (χ3n) is 10.5. The van der Waals surface area contributed by atoms with E-state index < -0.39 is 96.3 Å². The van der Waals surface area contributed by atoms with Gasteiger partial charge in [0.25, 0.3) is 11.5 Å². The molecule has 2 aliphatic heterocycles. The molecule has 319 valence electrons. The number of nitriles is 1. The standard InChI is InChI=1S/C37H43F2N9O10PSi/c1-37(2,3)60(4,5)58-28-25(16-49)56-36(47-15-24(39)26-31(47)42-19-44-34(26)51)29(28)57-59(52,53-13-9-12-40)54-17-22-14-23(38)35(55-22)48-20-45-27-30(41-18-43-32(27)48)46-33(50)21-10-7-6-8-11-21/h6-8,10-11,14-15,18-20,22-23,25,28-29,35-36,49H,9,13,16-17H2,1-5H3,(H,42,44,51)(H,41,43,46,50)/t22-,23-,25-,28-,29-,35-,36-,59?/m1/s1. The van der Waals surface area contributed by atoms with Crippen molar-refractivity contribution in [3.8, 4) is 6.07 Å². The number of carbonyl (C=O) groups excluding carboxylic acids is 1. The Kier molecular flexibility index (Phi) is 12.5. The lowest BCUT2D eigenvalue weighted by Crippen LogP contribution is -2.50. The molecular formula is C37H43F2N9O10PSi. The minimum Gasteiger partial charge on any atom is -0.408 e. The average molecular weight is 871 g/mol. The number of aliphatic hydroxyl groups excluding tert-OH is 1. The van der Waals surface area contributed by atoms with Crippen LogP contribution in [0.15, 0.2) is 60.3 Å². The first-order valence-corrected chi connectivity index (χ1v) is 23.2. The number of fused-ring (bicyclic) bond motifs is 2. The third-order valence-corrected chi connectivity index (χ3v) is 16.5. The Morgan fingerprint density at radius 3 is 2.57 bits per heavy atom. The first-order valence-electron chi connectivity index (χ1n) is 18.8. The second-order valence-corrected chi connectivity index (χ2v) is 21.9. The number of nitrogens with one attached hydrogen (secondary N) is 2. The number of carbonyl (C=O) groups is 1. The number of hydrogen-bond donors (Lipinski definition) is 3. The molecule has 1 amide bonds. The van der Waals surface area contributed by atoms with Crippen LogP contribution in [0.25, 0.3) is 22.2 Å². The van der Waals surface area contributed by atoms with Gasteiger partial charge in [0, 0.05) is 18.2 Å². The number of H-pyrrole nitrogens is 1. The van der Waals surface area contributed by atoms with Gasteiger partial charge in [0.1, 0.15) is 30.0 Å². The summed E-state index contributed by atoms with van der Waals surface area (Å²) in [4.78, 5) is 44.6. The van der Waals surface area contributed by atoms with Gasteiger partial charge in [-0.2, -0.15) is 5.26 Å². The predicted octanol–water partition coefficient (Wildman–Crippen LogP) is 5.12. The van der Waals surface area contributed by atoms with Gasteiger partial charge >= 0.3 is 7.82 Å². The van der Waals surface area contributed by atoms with E-state index in [4.69, 9.17) is 27.5 Å². The van der Waals surface area contributed by atoms with Crippen LogP contribution < -0.4 is 10.9 Å². The van der Waals surface area contributed by atoms with E-state index in [0.29, 0.717) is 5.56 Å². The molecule has 4 aromatic heterocycles. The number of benzene rings is 1. The molecule has 6 heterocycles. The molecule has 2 saturated heterocycles. The Morgan fingerprint density at radius 2 is 1.85 bits per heavy atom. The fraction of sp³-hybridized carbons (Fsp3) is 0.459. The summed E-state index contributed by atoms with van der Waals surface area (Å²) in [7, 11) is -7.55. The average Bonchev–Trinajstić information content (AvgIpc) is 3.97. The second-order valence-electron chi connectivity index (χ2n) is 15.5. The predicted molar refractivity (Wildman–Crippen MR) is 211 cm³/mol. The van der Waals surface area contributed by atoms with Gasteiger partial charge in [-0.15, -0.1) is 0 Å². The fourth-order valence-corrected chi connectivity index (χ4v) is 9.20. The van der Waals surface area contributed by atoms with Crippen LogP contribution in [-0.2, 0) is 32.0 Å². The molecule has 8 atom stereocenters. The molecule has 1 unspecified atom stereocenters. The molecule has 0 bridgehead atoms. The number of alkyl halides is 1. The largest absolute Gasteiger partial charge is 0.475 e. The van der Waals surface area contributed by atoms with Gasteiger partial charge in [-0.25, -0.2) is 33.3 Å². The van der Waals surface area contributed by atoms with Crippen molar-refractivity contribution in [2.24, 2.45) is 0 Å². The van der Waals surface area contributed by atoms with Crippen LogP contribution in [0.2, 0.25) is 18.1 Å². The van der Waals surface area contributed by atoms with Crippen LogP contribution in [-0.4, -0.2) is 104 Å². The summed E-state index contributed by atoms with van der Waals surface area (Å²) in [6, 6.07) is 10.3. The second kappa shape index (κ2) is 17.3. The maximum atomic E-state index is 15.8. The van der Waals surface area contributed by atoms with Gasteiger partial charge in [0.05, 0.1) is 51.1 Å². The highest BCUT2D eigenvalue weighted by molar-refractivity contribution is 7.48. The first kappa shape index (κ1) is 43.3. The maximum Gasteiger partial charge on any atom is 0.475 e. The van der Waals surface area contributed by atoms with Gasteiger partial charge < -0.3 is 33.9 Å². The van der Waals surface area contributed by atoms with Crippen molar-refractivity contribution in [2.75, 3.05) is 25.1 Å². The van der Waals surface area contributed by atoms with Crippen molar-refractivity contribution >= 4 is 50.1 Å². The molecule has 0 spiro atoms. The molecule has 19 nitrogen and oxygen atoms in total. The summed E-state index contributed by atoms with van der Waals surface area (Å²) in [6.07, 6.45) is -3.97. The maximum absolute atomic E-state index is 15.8. The monoisotopic (exact) mass is 870 g/mol. The number of phosphoric acid groups is 1. The van der Waals surface area contributed by atoms with Crippen molar-refractivity contribution in [2.45, 2.75) is 88.4 Å². The lowest BCUT2D eigenvalue weighted by molar-refractivity contribution is -0.0570. The number of nitrogens with zero attached hydrogens (tertiary/aromatic N) is 7. The zero-order chi connectivity index (χ0) is 43.0. The minimum atomic E-state index is -4.81. The van der Waals surface area contributed by atoms with E-state index in [2.05, 4.69) is 30.2 Å². The Balaban J connectivity index is 1.15. The molecular weight excluding hydrogens is 828 g/mol. The van der Waals surface area contributed by atoms with E-state index in [1.807, 2.05) is 39.9 Å². The van der Waals surface area contributed by atoms with E-state index in [9.17, 15) is 24.5 Å². The molecule has 5 aromatic rings. The molecule has 2 fully saturated rings. The highest BCUT2D eigenvalue weighted by Crippen LogP contribution is 2.55. The molecule has 60 heavy (non-hydrogen) atoms. The number of aliphatic hydroxyl groups is 1. The van der Waals surface area contributed by atoms with Crippen LogP contribution in [0.4, 0.5) is 14.6 Å². The summed E-state index contributed by atoms with van der Waals surface area (Å²) >= 11 is 0. The molecule has 2 aliphatic rings. The summed E-state index contributed by atoms with van der Waals surface area (Å²) in [5.41, 5.74) is -0.214.